The Morgan fingerprint density at radius 3 is 2.67 bits per heavy atom. The van der Waals surface area contributed by atoms with E-state index in [9.17, 15) is 4.79 Å². The lowest BCUT2D eigenvalue weighted by molar-refractivity contribution is -0.129. The molecule has 8 nitrogen and oxygen atoms in total. The summed E-state index contributed by atoms with van der Waals surface area (Å²) in [6, 6.07) is 2.24. The van der Waals surface area contributed by atoms with E-state index in [0.29, 0.717) is 19.0 Å². The van der Waals surface area contributed by atoms with Crippen LogP contribution in [0.2, 0.25) is 0 Å². The first-order chi connectivity index (χ1) is 12.7. The fraction of sp³-hybridized carbons (Fsp3) is 0.579. The number of hydrogen-bond donors (Lipinski definition) is 1. The van der Waals surface area contributed by atoms with Crippen molar-refractivity contribution in [3.05, 3.63) is 28.7 Å². The predicted octanol–water partition coefficient (Wildman–Crippen LogP) is 1.76. The summed E-state index contributed by atoms with van der Waals surface area (Å²) in [7, 11) is 3.85. The fourth-order valence-electron chi connectivity index (χ4n) is 3.40. The molecule has 0 fully saturated rings. The van der Waals surface area contributed by atoms with Gasteiger partial charge in [-0.05, 0) is 33.3 Å². The lowest BCUT2D eigenvalue weighted by atomic mass is 10.0. The second-order valence-corrected chi connectivity index (χ2v) is 7.54. The Hall–Kier alpha value is -2.64. The number of hydrogen-bond acceptors (Lipinski definition) is 6. The summed E-state index contributed by atoms with van der Waals surface area (Å²) in [5, 5.41) is 8.10. The quantitative estimate of drug-likeness (QED) is 0.863. The number of carbonyl (C=O) groups excluding carboxylic acids is 1. The number of aromatic nitrogens is 4. The molecule has 1 aliphatic heterocycles. The highest BCUT2D eigenvalue weighted by Crippen LogP contribution is 2.26. The molecule has 0 aromatic carbocycles. The highest BCUT2D eigenvalue weighted by Gasteiger charge is 2.25. The van der Waals surface area contributed by atoms with Crippen LogP contribution in [0.5, 0.6) is 0 Å². The maximum absolute atomic E-state index is 11.8. The van der Waals surface area contributed by atoms with E-state index >= 15 is 0 Å². The van der Waals surface area contributed by atoms with Crippen molar-refractivity contribution < 1.29 is 4.79 Å². The molecule has 146 valence electrons. The van der Waals surface area contributed by atoms with Gasteiger partial charge < -0.3 is 15.1 Å². The van der Waals surface area contributed by atoms with E-state index in [0.717, 1.165) is 41.4 Å². The first-order valence-corrected chi connectivity index (χ1v) is 9.34. The minimum absolute atomic E-state index is 0.0815. The fourth-order valence-corrected chi connectivity index (χ4v) is 3.40. The zero-order valence-electron chi connectivity index (χ0n) is 17.1. The Morgan fingerprint density at radius 1 is 1.33 bits per heavy atom. The molecule has 0 saturated heterocycles. The number of fused-ring (bicyclic) bond motifs is 1. The monoisotopic (exact) mass is 371 g/mol. The van der Waals surface area contributed by atoms with E-state index in [1.54, 1.807) is 6.92 Å². The van der Waals surface area contributed by atoms with Gasteiger partial charge in [-0.3, -0.25) is 9.48 Å². The number of nitrogens with one attached hydrogen (secondary N) is 1. The highest BCUT2D eigenvalue weighted by atomic mass is 16.2. The van der Waals surface area contributed by atoms with Gasteiger partial charge in [-0.15, -0.1) is 0 Å². The van der Waals surface area contributed by atoms with Crippen LogP contribution in [0.3, 0.4) is 0 Å². The van der Waals surface area contributed by atoms with Crippen LogP contribution in [0, 0.1) is 13.8 Å². The molecule has 0 radical (unpaired) electrons. The standard InChI is InChI=1S/C19H29N7O/c1-12-9-14(3)26(23-12)10-13(2)20-18-16-7-8-25(15(4)27)11-17(16)21-19(22-18)24(5)6/h9,13H,7-8,10-11H2,1-6H3,(H,20,21,22)/t13-/m0/s1. The average molecular weight is 371 g/mol. The van der Waals surface area contributed by atoms with Crippen molar-refractivity contribution in [3.63, 3.8) is 0 Å². The molecule has 2 aromatic heterocycles. The maximum Gasteiger partial charge on any atom is 0.227 e. The largest absolute Gasteiger partial charge is 0.365 e. The Bertz CT molecular complexity index is 843. The summed E-state index contributed by atoms with van der Waals surface area (Å²) in [5.41, 5.74) is 4.21. The third kappa shape index (κ3) is 4.20. The Balaban J connectivity index is 1.85. The van der Waals surface area contributed by atoms with Crippen molar-refractivity contribution in [3.8, 4) is 0 Å². The van der Waals surface area contributed by atoms with Crippen molar-refractivity contribution in [2.75, 3.05) is 30.9 Å². The predicted molar refractivity (Wildman–Crippen MR) is 106 cm³/mol. The van der Waals surface area contributed by atoms with Crippen molar-refractivity contribution in [2.45, 2.75) is 53.2 Å². The van der Waals surface area contributed by atoms with Gasteiger partial charge in [0.1, 0.15) is 5.82 Å². The second-order valence-electron chi connectivity index (χ2n) is 7.54. The molecule has 1 aliphatic rings. The third-order valence-electron chi connectivity index (χ3n) is 4.83. The summed E-state index contributed by atoms with van der Waals surface area (Å²) < 4.78 is 2.02. The Morgan fingerprint density at radius 2 is 2.07 bits per heavy atom. The van der Waals surface area contributed by atoms with Gasteiger partial charge in [0, 0.05) is 44.9 Å². The van der Waals surface area contributed by atoms with E-state index in [2.05, 4.69) is 35.3 Å². The van der Waals surface area contributed by atoms with Gasteiger partial charge in [-0.1, -0.05) is 0 Å². The molecule has 0 bridgehead atoms. The molecule has 1 atom stereocenters. The van der Waals surface area contributed by atoms with Crippen LogP contribution >= 0.6 is 0 Å². The number of anilines is 2. The molecule has 3 heterocycles. The van der Waals surface area contributed by atoms with E-state index in [1.807, 2.05) is 35.5 Å². The first kappa shape index (κ1) is 19.1. The second kappa shape index (κ2) is 7.54. The number of nitrogens with zero attached hydrogens (tertiary/aromatic N) is 6. The van der Waals surface area contributed by atoms with Gasteiger partial charge in [0.2, 0.25) is 11.9 Å². The van der Waals surface area contributed by atoms with Crippen LogP contribution < -0.4 is 10.2 Å². The van der Waals surface area contributed by atoms with Crippen molar-refractivity contribution in [1.82, 2.24) is 24.6 Å². The van der Waals surface area contributed by atoms with Crippen molar-refractivity contribution in [2.24, 2.45) is 0 Å². The van der Waals surface area contributed by atoms with Crippen LogP contribution in [0.1, 0.15) is 36.5 Å². The van der Waals surface area contributed by atoms with Crippen LogP contribution in [-0.4, -0.2) is 57.2 Å². The van der Waals surface area contributed by atoms with E-state index < -0.39 is 0 Å². The molecule has 0 unspecified atom stereocenters. The number of carbonyl (C=O) groups is 1. The van der Waals surface area contributed by atoms with Gasteiger partial charge >= 0.3 is 0 Å². The highest BCUT2D eigenvalue weighted by molar-refractivity contribution is 5.73. The summed E-state index contributed by atoms with van der Waals surface area (Å²) in [5.74, 6) is 1.60. The molecular weight excluding hydrogens is 342 g/mol. The molecule has 1 amide bonds. The summed E-state index contributed by atoms with van der Waals surface area (Å²) in [6.45, 7) is 9.81. The lowest BCUT2D eigenvalue weighted by Crippen LogP contribution is -2.36. The van der Waals surface area contributed by atoms with Crippen LogP contribution in [0.4, 0.5) is 11.8 Å². The normalized spacial score (nSPS) is 14.7. The molecule has 2 aromatic rings. The third-order valence-corrected chi connectivity index (χ3v) is 4.83. The van der Waals surface area contributed by atoms with Gasteiger partial charge in [0.15, 0.2) is 0 Å². The zero-order valence-corrected chi connectivity index (χ0v) is 17.1. The zero-order chi connectivity index (χ0) is 19.7. The topological polar surface area (TPSA) is 79.2 Å². The Labute approximate surface area is 160 Å². The molecule has 0 spiro atoms. The van der Waals surface area contributed by atoms with Crippen LogP contribution in [0.25, 0.3) is 0 Å². The summed E-state index contributed by atoms with van der Waals surface area (Å²) >= 11 is 0. The van der Waals surface area contributed by atoms with Gasteiger partial charge in [0.05, 0.1) is 24.5 Å². The van der Waals surface area contributed by atoms with Gasteiger partial charge in [-0.2, -0.15) is 10.1 Å². The minimum Gasteiger partial charge on any atom is -0.365 e. The summed E-state index contributed by atoms with van der Waals surface area (Å²) in [6.07, 6.45) is 0.761. The number of amides is 1. The maximum atomic E-state index is 11.8. The van der Waals surface area contributed by atoms with Gasteiger partial charge in [0.25, 0.3) is 0 Å². The molecule has 0 saturated carbocycles. The Kier molecular flexibility index (Phi) is 5.34. The van der Waals surface area contributed by atoms with E-state index in [-0.39, 0.29) is 11.9 Å². The number of rotatable bonds is 5. The van der Waals surface area contributed by atoms with Crippen molar-refractivity contribution in [1.29, 1.82) is 0 Å². The molecular formula is C19H29N7O. The minimum atomic E-state index is 0.0815. The lowest BCUT2D eigenvalue weighted by Gasteiger charge is -2.30. The molecule has 27 heavy (non-hydrogen) atoms. The van der Waals surface area contributed by atoms with Gasteiger partial charge in [-0.25, -0.2) is 4.98 Å². The smallest absolute Gasteiger partial charge is 0.227 e. The molecule has 8 heteroatoms. The van der Waals surface area contributed by atoms with E-state index in [1.165, 1.54) is 0 Å². The summed E-state index contributed by atoms with van der Waals surface area (Å²) in [4.78, 5) is 24.9. The van der Waals surface area contributed by atoms with Crippen LogP contribution in [-0.2, 0) is 24.3 Å². The first-order valence-electron chi connectivity index (χ1n) is 9.34. The van der Waals surface area contributed by atoms with Crippen LogP contribution in [0.15, 0.2) is 6.07 Å². The number of aryl methyl sites for hydroxylation is 2. The molecule has 1 N–H and O–H groups in total. The molecule has 0 aliphatic carbocycles. The SMILES string of the molecule is CC(=O)N1CCc2c(nc(N(C)C)nc2N[C@@H](C)Cn2nc(C)cc2C)C1. The molecule has 3 rings (SSSR count). The average Bonchev–Trinajstić information content (AvgIpc) is 2.91. The van der Waals surface area contributed by atoms with E-state index in [4.69, 9.17) is 4.98 Å². The van der Waals surface area contributed by atoms with Crippen molar-refractivity contribution >= 4 is 17.7 Å².